The van der Waals surface area contributed by atoms with Crippen molar-refractivity contribution in [3.63, 3.8) is 0 Å². The maximum absolute atomic E-state index is 17.0. The highest BCUT2D eigenvalue weighted by molar-refractivity contribution is 7.88. The van der Waals surface area contributed by atoms with Gasteiger partial charge in [0.25, 0.3) is 0 Å². The third kappa shape index (κ3) is 5.69. The molecule has 2 aromatic carbocycles. The van der Waals surface area contributed by atoms with E-state index in [4.69, 9.17) is 10.5 Å². The molecule has 2 N–H and O–H groups in total. The van der Waals surface area contributed by atoms with Gasteiger partial charge < -0.3 is 15.4 Å². The van der Waals surface area contributed by atoms with Gasteiger partial charge in [0.2, 0.25) is 10.0 Å². The summed E-state index contributed by atoms with van der Waals surface area (Å²) in [6, 6.07) is 3.99. The van der Waals surface area contributed by atoms with Gasteiger partial charge in [0.05, 0.1) is 27.6 Å². The molecule has 3 fully saturated rings. The molecule has 7 rings (SSSR count). The van der Waals surface area contributed by atoms with Gasteiger partial charge in [0, 0.05) is 55.5 Å². The Morgan fingerprint density at radius 2 is 1.90 bits per heavy atom. The molecular formula is C31H29F6N7O3S2. The van der Waals surface area contributed by atoms with Crippen LogP contribution in [-0.4, -0.2) is 91.4 Å². The van der Waals surface area contributed by atoms with Crippen LogP contribution < -0.4 is 15.4 Å². The summed E-state index contributed by atoms with van der Waals surface area (Å²) < 4.78 is 122. The highest BCUT2D eigenvalue weighted by atomic mass is 32.2. The largest absolute Gasteiger partial charge is 0.461 e. The Hall–Kier alpha value is -3.92. The number of hydrogen-bond donors (Lipinski definition) is 1. The molecule has 0 unspecified atom stereocenters. The van der Waals surface area contributed by atoms with Crippen LogP contribution in [0.15, 0.2) is 18.2 Å². The number of hydrogen-bond acceptors (Lipinski definition) is 10. The summed E-state index contributed by atoms with van der Waals surface area (Å²) in [5.74, 6) is -2.37. The Labute approximate surface area is 280 Å². The summed E-state index contributed by atoms with van der Waals surface area (Å²) in [4.78, 5) is 12.2. The van der Waals surface area contributed by atoms with Gasteiger partial charge in [-0.3, -0.25) is 4.90 Å². The third-order valence-electron chi connectivity index (χ3n) is 9.63. The number of ether oxygens (including phenoxy) is 1. The fourth-order valence-electron chi connectivity index (χ4n) is 7.37. The summed E-state index contributed by atoms with van der Waals surface area (Å²) in [7, 11) is -3.56. The predicted molar refractivity (Wildman–Crippen MR) is 172 cm³/mol. The van der Waals surface area contributed by atoms with E-state index in [1.165, 1.54) is 9.21 Å². The van der Waals surface area contributed by atoms with Crippen LogP contribution in [-0.2, 0) is 16.2 Å². The second-order valence-electron chi connectivity index (χ2n) is 12.6. The lowest BCUT2D eigenvalue weighted by Gasteiger charge is -2.35. The number of rotatable bonds is 6. The summed E-state index contributed by atoms with van der Waals surface area (Å²) >= 11 is 0.660. The van der Waals surface area contributed by atoms with Crippen molar-refractivity contribution in [3.05, 3.63) is 41.0 Å². The predicted octanol–water partition coefficient (Wildman–Crippen LogP) is 5.30. The fourth-order valence-corrected chi connectivity index (χ4v) is 9.15. The van der Waals surface area contributed by atoms with Gasteiger partial charge in [-0.2, -0.15) is 32.7 Å². The van der Waals surface area contributed by atoms with Crippen LogP contribution in [0.25, 0.3) is 32.1 Å². The maximum atomic E-state index is 17.0. The Bertz CT molecular complexity index is 2150. The van der Waals surface area contributed by atoms with E-state index in [0.717, 1.165) is 24.8 Å². The second kappa shape index (κ2) is 11.9. The summed E-state index contributed by atoms with van der Waals surface area (Å²) in [5.41, 5.74) is 1.66. The molecule has 3 aliphatic rings. The molecule has 3 saturated heterocycles. The number of nitrogen functional groups attached to an aromatic ring is 1. The van der Waals surface area contributed by atoms with E-state index in [-0.39, 0.29) is 83.6 Å². The molecule has 2 atom stereocenters. The van der Waals surface area contributed by atoms with Gasteiger partial charge in [-0.1, -0.05) is 6.07 Å². The third-order valence-corrected chi connectivity index (χ3v) is 12.0. The van der Waals surface area contributed by atoms with Gasteiger partial charge in [-0.15, -0.1) is 11.3 Å². The molecule has 0 aliphatic carbocycles. The Morgan fingerprint density at radius 1 is 1.16 bits per heavy atom. The molecule has 0 radical (unpaired) electrons. The van der Waals surface area contributed by atoms with Crippen molar-refractivity contribution in [1.82, 2.24) is 19.2 Å². The minimum absolute atomic E-state index is 0.00670. The van der Waals surface area contributed by atoms with E-state index in [1.54, 1.807) is 6.07 Å². The van der Waals surface area contributed by atoms with E-state index in [9.17, 15) is 35.6 Å². The highest BCUT2D eigenvalue weighted by Gasteiger charge is 2.49. The number of halogens is 6. The van der Waals surface area contributed by atoms with Crippen LogP contribution in [0.4, 0.5) is 37.2 Å². The summed E-state index contributed by atoms with van der Waals surface area (Å²) in [6.45, 7) is 0.875. The summed E-state index contributed by atoms with van der Waals surface area (Å²) in [5, 5.41) is 9.06. The lowest BCUT2D eigenvalue weighted by molar-refractivity contribution is -0.137. The molecule has 2 aromatic heterocycles. The molecule has 3 aliphatic heterocycles. The van der Waals surface area contributed by atoms with E-state index in [2.05, 4.69) is 9.97 Å². The quantitative estimate of drug-likeness (QED) is 0.264. The van der Waals surface area contributed by atoms with Gasteiger partial charge in [-0.25, -0.2) is 21.6 Å². The lowest BCUT2D eigenvalue weighted by Crippen LogP contribution is -2.48. The topological polar surface area (TPSA) is 129 Å². The van der Waals surface area contributed by atoms with E-state index in [0.29, 0.717) is 30.4 Å². The first kappa shape index (κ1) is 33.6. The number of nitriles is 1. The Morgan fingerprint density at radius 3 is 2.57 bits per heavy atom. The van der Waals surface area contributed by atoms with E-state index in [1.807, 2.05) is 4.90 Å². The number of anilines is 2. The molecule has 4 aromatic rings. The van der Waals surface area contributed by atoms with Crippen LogP contribution in [0, 0.1) is 23.0 Å². The maximum Gasteiger partial charge on any atom is 0.417 e. The van der Waals surface area contributed by atoms with Crippen molar-refractivity contribution in [3.8, 4) is 23.2 Å². The highest BCUT2D eigenvalue weighted by Crippen LogP contribution is 2.48. The van der Waals surface area contributed by atoms with Crippen molar-refractivity contribution >= 4 is 53.2 Å². The first-order valence-corrected chi connectivity index (χ1v) is 18.0. The summed E-state index contributed by atoms with van der Waals surface area (Å²) in [6.07, 6.45) is -3.51. The molecule has 0 bridgehead atoms. The van der Waals surface area contributed by atoms with Crippen molar-refractivity contribution < 1.29 is 39.5 Å². The second-order valence-corrected chi connectivity index (χ2v) is 15.6. The molecule has 10 nitrogen and oxygen atoms in total. The molecule has 5 heterocycles. The monoisotopic (exact) mass is 725 g/mol. The molecule has 0 spiro atoms. The van der Waals surface area contributed by atoms with E-state index < -0.39 is 61.8 Å². The average Bonchev–Trinajstić information content (AvgIpc) is 3.69. The Kier molecular flexibility index (Phi) is 8.12. The van der Waals surface area contributed by atoms with E-state index >= 15 is 4.39 Å². The zero-order valence-corrected chi connectivity index (χ0v) is 27.6. The molecule has 49 heavy (non-hydrogen) atoms. The number of piperazine rings is 1. The molecule has 0 saturated carbocycles. The number of nitrogens with zero attached hydrogens (tertiary/aromatic N) is 6. The van der Waals surface area contributed by atoms with Crippen LogP contribution in [0.3, 0.4) is 0 Å². The number of sulfonamides is 1. The molecule has 260 valence electrons. The Balaban J connectivity index is 1.43. The number of fused-ring (bicyclic) bond motifs is 3. The van der Waals surface area contributed by atoms with Gasteiger partial charge in [0.15, 0.2) is 5.82 Å². The van der Waals surface area contributed by atoms with Gasteiger partial charge in [-0.05, 0) is 37.1 Å². The van der Waals surface area contributed by atoms with Gasteiger partial charge in [0.1, 0.15) is 41.0 Å². The fraction of sp³-hybridized carbons (Fsp3) is 0.452. The van der Waals surface area contributed by atoms with Crippen molar-refractivity contribution in [2.45, 2.75) is 37.1 Å². The van der Waals surface area contributed by atoms with Crippen molar-refractivity contribution in [1.29, 1.82) is 5.26 Å². The van der Waals surface area contributed by atoms with Crippen molar-refractivity contribution in [2.24, 2.45) is 0 Å². The first-order valence-electron chi connectivity index (χ1n) is 15.4. The van der Waals surface area contributed by atoms with Crippen LogP contribution in [0.2, 0.25) is 0 Å². The number of benzene rings is 2. The molecule has 18 heteroatoms. The standard InChI is InChI=1S/C31H29F6N7O3S2/c1-49(45,46)44-9-7-42(8-10-44)28-18-11-20(31(35,36)37)23(17-3-4-21(33)26-22(17)19(13-38)27(39)48-26)24(34)25(18)40-29(41-28)47-15-30-5-2-6-43(30)14-16(32)12-30/h3-4,11,16H,2,5-10,12,14-15,39H2,1H3/t16-,30+/m1/s1. The van der Waals surface area contributed by atoms with Crippen LogP contribution >= 0.6 is 11.3 Å². The number of thiophene rings is 1. The molecular weight excluding hydrogens is 697 g/mol. The average molecular weight is 726 g/mol. The number of nitrogens with two attached hydrogens (primary N) is 1. The zero-order chi connectivity index (χ0) is 35.0. The number of aromatic nitrogens is 2. The van der Waals surface area contributed by atoms with Crippen LogP contribution in [0.5, 0.6) is 6.01 Å². The normalized spacial score (nSPS) is 22.2. The SMILES string of the molecule is CS(=O)(=O)N1CCN(c2nc(OC[C@@]34CCCN3C[C@H](F)C4)nc3c(F)c(-c4ccc(F)c5sc(N)c(C#N)c45)c(C(F)(F)F)cc23)CC1. The molecule has 0 amide bonds. The van der Waals surface area contributed by atoms with Crippen molar-refractivity contribution in [2.75, 3.05) is 62.8 Å². The first-order chi connectivity index (χ1) is 23.1. The van der Waals surface area contributed by atoms with Gasteiger partial charge >= 0.3 is 12.2 Å². The zero-order valence-electron chi connectivity index (χ0n) is 26.0. The lowest BCUT2D eigenvalue weighted by atomic mass is 9.92. The minimum Gasteiger partial charge on any atom is -0.461 e. The number of alkyl halides is 4. The van der Waals surface area contributed by atoms with Crippen LogP contribution in [0.1, 0.15) is 30.4 Å². The minimum atomic E-state index is -5.14. The smallest absolute Gasteiger partial charge is 0.417 e.